The van der Waals surface area contributed by atoms with Crippen molar-refractivity contribution in [1.29, 1.82) is 0 Å². The fourth-order valence-electron chi connectivity index (χ4n) is 2.64. The second-order valence-corrected chi connectivity index (χ2v) is 7.16. The number of anilines is 1. The van der Waals surface area contributed by atoms with Crippen LogP contribution in [-0.4, -0.2) is 47.0 Å². The zero-order chi connectivity index (χ0) is 17.2. The molecule has 2 aromatic carbocycles. The first kappa shape index (κ1) is 15.9. The Morgan fingerprint density at radius 3 is 2.28 bits per heavy atom. The third-order valence-electron chi connectivity index (χ3n) is 3.92. The highest BCUT2D eigenvalue weighted by atomic mass is 32.1. The molecule has 126 valence electrons. The molecule has 5 nitrogen and oxygen atoms in total. The van der Waals surface area contributed by atoms with Gasteiger partial charge in [0.1, 0.15) is 10.7 Å². The molecule has 0 radical (unpaired) electrons. The molecule has 0 saturated carbocycles. The molecule has 0 saturated heterocycles. The van der Waals surface area contributed by atoms with Crippen molar-refractivity contribution in [3.05, 3.63) is 48.5 Å². The summed E-state index contributed by atoms with van der Waals surface area (Å²) in [5.74, 6) is 0.791. The van der Waals surface area contributed by atoms with Gasteiger partial charge in [0.25, 0.3) is 0 Å². The Bertz CT molecular complexity index is 992. The number of nitrogens with zero attached hydrogens (tertiary/aromatic N) is 4. The van der Waals surface area contributed by atoms with E-state index in [1.54, 1.807) is 11.3 Å². The molecular weight excluding hydrogens is 330 g/mol. The molecule has 4 rings (SSSR count). The smallest absolute Gasteiger partial charge is 0.155 e. The summed E-state index contributed by atoms with van der Waals surface area (Å²) < 4.78 is 1.16. The number of rotatable bonds is 5. The Kier molecular flexibility index (Phi) is 4.29. The molecule has 1 N–H and O–H groups in total. The van der Waals surface area contributed by atoms with Crippen LogP contribution < -0.4 is 5.32 Å². The van der Waals surface area contributed by atoms with Crippen LogP contribution in [0.2, 0.25) is 0 Å². The molecule has 0 amide bonds. The van der Waals surface area contributed by atoms with Gasteiger partial charge in [-0.15, -0.1) is 11.3 Å². The van der Waals surface area contributed by atoms with E-state index in [0.29, 0.717) is 0 Å². The molecule has 0 atom stereocenters. The fourth-order valence-corrected chi connectivity index (χ4v) is 3.60. The summed E-state index contributed by atoms with van der Waals surface area (Å²) in [6, 6.07) is 16.1. The number of fused-ring (bicyclic) bond motifs is 2. The lowest BCUT2D eigenvalue weighted by molar-refractivity contribution is 0.425. The second kappa shape index (κ2) is 6.74. The number of para-hydroxylation sites is 3. The highest BCUT2D eigenvalue weighted by molar-refractivity contribution is 7.21. The first-order chi connectivity index (χ1) is 12.2. The van der Waals surface area contributed by atoms with E-state index in [1.807, 2.05) is 42.5 Å². The molecule has 0 bridgehead atoms. The van der Waals surface area contributed by atoms with E-state index < -0.39 is 0 Å². The molecule has 0 fully saturated rings. The molecule has 2 heterocycles. The number of hydrogen-bond donors (Lipinski definition) is 1. The summed E-state index contributed by atoms with van der Waals surface area (Å²) in [4.78, 5) is 16.5. The van der Waals surface area contributed by atoms with Gasteiger partial charge < -0.3 is 10.2 Å². The van der Waals surface area contributed by atoms with Gasteiger partial charge >= 0.3 is 0 Å². The van der Waals surface area contributed by atoms with Crippen LogP contribution in [0.5, 0.6) is 0 Å². The largest absolute Gasteiger partial charge is 0.367 e. The van der Waals surface area contributed by atoms with E-state index in [2.05, 4.69) is 30.4 Å². The first-order valence-corrected chi connectivity index (χ1v) is 9.04. The van der Waals surface area contributed by atoms with Crippen molar-refractivity contribution in [2.24, 2.45) is 0 Å². The summed E-state index contributed by atoms with van der Waals surface area (Å²) in [6.45, 7) is 1.73. The van der Waals surface area contributed by atoms with E-state index in [-0.39, 0.29) is 0 Å². The minimum atomic E-state index is 0.791. The molecule has 0 spiro atoms. The molecule has 0 aliphatic heterocycles. The standard InChI is InChI=1S/C19H19N5S/c1-24(2)12-11-20-18-17(21-13-7-3-4-8-14(13)22-18)19-23-15-9-5-6-10-16(15)25-19/h3-10H,11-12H2,1-2H3,(H,20,22). The van der Waals surface area contributed by atoms with E-state index in [4.69, 9.17) is 15.0 Å². The number of likely N-dealkylation sites (N-methyl/N-ethyl adjacent to an activating group) is 1. The van der Waals surface area contributed by atoms with Gasteiger partial charge in [-0.3, -0.25) is 0 Å². The van der Waals surface area contributed by atoms with Crippen molar-refractivity contribution in [3.63, 3.8) is 0 Å². The highest BCUT2D eigenvalue weighted by Crippen LogP contribution is 2.33. The monoisotopic (exact) mass is 349 g/mol. The molecule has 4 aromatic rings. The van der Waals surface area contributed by atoms with Crippen molar-refractivity contribution in [2.45, 2.75) is 0 Å². The maximum atomic E-state index is 4.85. The maximum absolute atomic E-state index is 4.85. The van der Waals surface area contributed by atoms with Crippen molar-refractivity contribution in [2.75, 3.05) is 32.5 Å². The van der Waals surface area contributed by atoms with Gasteiger partial charge in [-0.05, 0) is 38.4 Å². The van der Waals surface area contributed by atoms with Gasteiger partial charge in [-0.25, -0.2) is 15.0 Å². The quantitative estimate of drug-likeness (QED) is 0.592. The lowest BCUT2D eigenvalue weighted by Crippen LogP contribution is -2.21. The molecule has 2 aromatic heterocycles. The van der Waals surface area contributed by atoms with Crippen molar-refractivity contribution in [3.8, 4) is 10.7 Å². The molecule has 0 aliphatic carbocycles. The molecule has 0 unspecified atom stereocenters. The molecule has 6 heteroatoms. The summed E-state index contributed by atoms with van der Waals surface area (Å²) in [7, 11) is 4.12. The number of aromatic nitrogens is 3. The van der Waals surface area contributed by atoms with Crippen LogP contribution in [0.1, 0.15) is 0 Å². The fraction of sp³-hybridized carbons (Fsp3) is 0.211. The Hall–Kier alpha value is -2.57. The first-order valence-electron chi connectivity index (χ1n) is 8.22. The molecule has 25 heavy (non-hydrogen) atoms. The number of nitrogens with one attached hydrogen (secondary N) is 1. The molecule has 0 aliphatic rings. The van der Waals surface area contributed by atoms with Gasteiger partial charge in [0, 0.05) is 13.1 Å². The van der Waals surface area contributed by atoms with Gasteiger partial charge in [0.15, 0.2) is 5.82 Å². The third-order valence-corrected chi connectivity index (χ3v) is 4.96. The number of hydrogen-bond acceptors (Lipinski definition) is 6. The van der Waals surface area contributed by atoms with Crippen LogP contribution in [0.15, 0.2) is 48.5 Å². The van der Waals surface area contributed by atoms with Crippen LogP contribution in [-0.2, 0) is 0 Å². The van der Waals surface area contributed by atoms with E-state index in [1.165, 1.54) is 0 Å². The second-order valence-electron chi connectivity index (χ2n) is 6.13. The predicted octanol–water partition coefficient (Wildman–Crippen LogP) is 3.88. The number of thiazole rings is 1. The zero-order valence-corrected chi connectivity index (χ0v) is 15.0. The summed E-state index contributed by atoms with van der Waals surface area (Å²) in [5.41, 5.74) is 3.59. The van der Waals surface area contributed by atoms with Gasteiger partial charge in [-0.1, -0.05) is 24.3 Å². The summed E-state index contributed by atoms with van der Waals surface area (Å²) in [6.07, 6.45) is 0. The van der Waals surface area contributed by atoms with Gasteiger partial charge in [0.2, 0.25) is 0 Å². The Morgan fingerprint density at radius 1 is 0.880 bits per heavy atom. The third kappa shape index (κ3) is 3.31. The van der Waals surface area contributed by atoms with Crippen LogP contribution in [0.25, 0.3) is 32.0 Å². The normalized spacial score (nSPS) is 11.5. The number of benzene rings is 2. The topological polar surface area (TPSA) is 53.9 Å². The lowest BCUT2D eigenvalue weighted by Gasteiger charge is -2.13. The Morgan fingerprint density at radius 2 is 1.56 bits per heavy atom. The highest BCUT2D eigenvalue weighted by Gasteiger charge is 2.15. The van der Waals surface area contributed by atoms with Crippen LogP contribution in [0.4, 0.5) is 5.82 Å². The van der Waals surface area contributed by atoms with Gasteiger partial charge in [-0.2, -0.15) is 0 Å². The SMILES string of the molecule is CN(C)CCNc1nc2ccccc2nc1-c1nc2ccccc2s1. The lowest BCUT2D eigenvalue weighted by atomic mass is 10.3. The summed E-state index contributed by atoms with van der Waals surface area (Å²) >= 11 is 1.65. The van der Waals surface area contributed by atoms with Crippen molar-refractivity contribution >= 4 is 38.4 Å². The van der Waals surface area contributed by atoms with Crippen molar-refractivity contribution < 1.29 is 0 Å². The van der Waals surface area contributed by atoms with Crippen LogP contribution >= 0.6 is 11.3 Å². The zero-order valence-electron chi connectivity index (χ0n) is 14.2. The van der Waals surface area contributed by atoms with Gasteiger partial charge in [0.05, 0.1) is 21.3 Å². The average Bonchev–Trinajstić information content (AvgIpc) is 3.04. The minimum absolute atomic E-state index is 0.791. The minimum Gasteiger partial charge on any atom is -0.367 e. The van der Waals surface area contributed by atoms with E-state index in [0.717, 1.165) is 50.9 Å². The van der Waals surface area contributed by atoms with E-state index >= 15 is 0 Å². The van der Waals surface area contributed by atoms with Crippen LogP contribution in [0, 0.1) is 0 Å². The molecular formula is C19H19N5S. The predicted molar refractivity (Wildman–Crippen MR) is 105 cm³/mol. The average molecular weight is 349 g/mol. The maximum Gasteiger partial charge on any atom is 0.155 e. The Labute approximate surface area is 150 Å². The van der Waals surface area contributed by atoms with Crippen LogP contribution in [0.3, 0.4) is 0 Å². The van der Waals surface area contributed by atoms with E-state index in [9.17, 15) is 0 Å². The Balaban J connectivity index is 1.81. The summed E-state index contributed by atoms with van der Waals surface area (Å²) in [5, 5.41) is 4.33. The van der Waals surface area contributed by atoms with Crippen molar-refractivity contribution in [1.82, 2.24) is 19.9 Å².